The summed E-state index contributed by atoms with van der Waals surface area (Å²) in [7, 11) is 0. The first-order valence-electron chi connectivity index (χ1n) is 22.8. The summed E-state index contributed by atoms with van der Waals surface area (Å²) in [4.78, 5) is 41.2. The van der Waals surface area contributed by atoms with Crippen LogP contribution in [0.3, 0.4) is 0 Å². The molecular weight excluding hydrogens is 716 g/mol. The molecule has 0 rings (SSSR count). The molecule has 0 radical (unpaired) electrons. The van der Waals surface area contributed by atoms with Gasteiger partial charge in [-0.1, -0.05) is 156 Å². The van der Waals surface area contributed by atoms with E-state index in [4.69, 9.17) is 14.2 Å². The van der Waals surface area contributed by atoms with E-state index >= 15 is 0 Å². The van der Waals surface area contributed by atoms with Gasteiger partial charge in [-0.15, -0.1) is 0 Å². The standard InChI is InChI=1S/C44H86N2O10/c1-4-7-10-13-16-19-22-25-33-54-42(51)39(48)36-45(31-32-47)29-28-30-46(37-40(49)43(52)55-34-26-23-20-17-14-11-8-5-2)38-41(50)44(53)56-35-27-24-21-18-15-12-9-6-3/h39-41,47-50H,4-38H2,1-3H3. The van der Waals surface area contributed by atoms with Crippen molar-refractivity contribution in [2.45, 2.75) is 200 Å². The van der Waals surface area contributed by atoms with E-state index in [1.165, 1.54) is 83.5 Å². The van der Waals surface area contributed by atoms with Crippen molar-refractivity contribution in [2.24, 2.45) is 0 Å². The fraction of sp³-hybridized carbons (Fsp3) is 0.932. The van der Waals surface area contributed by atoms with Gasteiger partial charge >= 0.3 is 17.9 Å². The molecule has 12 heteroatoms. The van der Waals surface area contributed by atoms with Gasteiger partial charge in [0.05, 0.1) is 26.4 Å². The van der Waals surface area contributed by atoms with Gasteiger partial charge in [-0.3, -0.25) is 9.80 Å². The van der Waals surface area contributed by atoms with Crippen LogP contribution in [0.4, 0.5) is 0 Å². The number of nitrogens with zero attached hydrogens (tertiary/aromatic N) is 2. The zero-order valence-electron chi connectivity index (χ0n) is 36.1. The fourth-order valence-corrected chi connectivity index (χ4v) is 6.68. The maximum absolute atomic E-state index is 12.7. The van der Waals surface area contributed by atoms with E-state index in [1.54, 1.807) is 9.80 Å². The Morgan fingerprint density at radius 2 is 0.661 bits per heavy atom. The molecule has 0 aliphatic rings. The first-order valence-corrected chi connectivity index (χ1v) is 22.8. The summed E-state index contributed by atoms with van der Waals surface area (Å²) in [6.07, 6.45) is 22.7. The van der Waals surface area contributed by atoms with E-state index in [0.717, 1.165) is 70.6 Å². The van der Waals surface area contributed by atoms with Gasteiger partial charge in [0.15, 0.2) is 18.3 Å². The summed E-state index contributed by atoms with van der Waals surface area (Å²) in [6, 6.07) is 0. The number of hydrogen-bond donors (Lipinski definition) is 4. The van der Waals surface area contributed by atoms with Gasteiger partial charge in [0.25, 0.3) is 0 Å². The summed E-state index contributed by atoms with van der Waals surface area (Å²) in [5, 5.41) is 41.7. The molecule has 0 fully saturated rings. The highest BCUT2D eigenvalue weighted by molar-refractivity contribution is 5.75. The maximum atomic E-state index is 12.7. The smallest absolute Gasteiger partial charge is 0.336 e. The zero-order valence-corrected chi connectivity index (χ0v) is 36.1. The molecule has 0 saturated heterocycles. The Morgan fingerprint density at radius 3 is 0.964 bits per heavy atom. The van der Waals surface area contributed by atoms with Crippen LogP contribution in [-0.4, -0.2) is 132 Å². The Bertz CT molecular complexity index is 869. The molecule has 3 atom stereocenters. The number of aliphatic hydroxyl groups excluding tert-OH is 4. The van der Waals surface area contributed by atoms with Crippen LogP contribution in [0.5, 0.6) is 0 Å². The number of esters is 3. The molecule has 0 saturated carbocycles. The summed E-state index contributed by atoms with van der Waals surface area (Å²) in [5.74, 6) is -2.19. The minimum atomic E-state index is -1.48. The van der Waals surface area contributed by atoms with Crippen LogP contribution in [0.15, 0.2) is 0 Å². The third-order valence-corrected chi connectivity index (χ3v) is 10.2. The second kappa shape index (κ2) is 40.0. The van der Waals surface area contributed by atoms with E-state index in [-0.39, 0.29) is 59.2 Å². The lowest BCUT2D eigenvalue weighted by atomic mass is 10.1. The molecule has 12 nitrogen and oxygen atoms in total. The van der Waals surface area contributed by atoms with Gasteiger partial charge in [0.1, 0.15) is 0 Å². The fourth-order valence-electron chi connectivity index (χ4n) is 6.68. The number of carbonyl (C=O) groups is 3. The first kappa shape index (κ1) is 54.2. The van der Waals surface area contributed by atoms with Gasteiger partial charge in [-0.05, 0) is 38.8 Å². The van der Waals surface area contributed by atoms with Gasteiger partial charge in [0.2, 0.25) is 0 Å². The van der Waals surface area contributed by atoms with Gasteiger partial charge in [-0.2, -0.15) is 0 Å². The van der Waals surface area contributed by atoms with Crippen LogP contribution in [0, 0.1) is 0 Å². The van der Waals surface area contributed by atoms with Crippen molar-refractivity contribution in [1.29, 1.82) is 0 Å². The molecule has 0 heterocycles. The third kappa shape index (κ3) is 33.2. The molecule has 4 N–H and O–H groups in total. The Labute approximate surface area is 341 Å². The monoisotopic (exact) mass is 803 g/mol. The van der Waals surface area contributed by atoms with Crippen LogP contribution >= 0.6 is 0 Å². The highest BCUT2D eigenvalue weighted by Crippen LogP contribution is 2.12. The Balaban J connectivity index is 4.97. The number of rotatable bonds is 42. The van der Waals surface area contributed by atoms with E-state index in [1.807, 2.05) is 0 Å². The quantitative estimate of drug-likeness (QED) is 0.0281. The van der Waals surface area contributed by atoms with Crippen LogP contribution in [0.25, 0.3) is 0 Å². The predicted octanol–water partition coefficient (Wildman–Crippen LogP) is 7.11. The highest BCUT2D eigenvalue weighted by atomic mass is 16.6. The lowest BCUT2D eigenvalue weighted by Crippen LogP contribution is -2.45. The Kier molecular flexibility index (Phi) is 38.7. The molecule has 0 aromatic rings. The second-order valence-electron chi connectivity index (χ2n) is 15.6. The van der Waals surface area contributed by atoms with Gasteiger partial charge in [-0.25, -0.2) is 14.4 Å². The number of carbonyl (C=O) groups excluding carboxylic acids is 3. The van der Waals surface area contributed by atoms with Gasteiger partial charge in [0, 0.05) is 26.2 Å². The topological polar surface area (TPSA) is 166 Å². The summed E-state index contributed by atoms with van der Waals surface area (Å²) >= 11 is 0. The van der Waals surface area contributed by atoms with Crippen molar-refractivity contribution in [3.05, 3.63) is 0 Å². The molecule has 0 aromatic carbocycles. The van der Waals surface area contributed by atoms with Crippen molar-refractivity contribution in [3.8, 4) is 0 Å². The van der Waals surface area contributed by atoms with Crippen LogP contribution < -0.4 is 0 Å². The number of aliphatic hydroxyl groups is 4. The van der Waals surface area contributed by atoms with E-state index < -0.39 is 36.2 Å². The maximum Gasteiger partial charge on any atom is 0.336 e. The minimum absolute atomic E-state index is 0.0296. The molecule has 56 heavy (non-hydrogen) atoms. The number of hydrogen-bond acceptors (Lipinski definition) is 12. The molecule has 3 unspecified atom stereocenters. The van der Waals surface area contributed by atoms with Crippen molar-refractivity contribution >= 4 is 17.9 Å². The van der Waals surface area contributed by atoms with E-state index in [9.17, 15) is 34.8 Å². The Hall–Kier alpha value is -1.83. The average molecular weight is 803 g/mol. The molecule has 0 amide bonds. The molecule has 0 bridgehead atoms. The van der Waals surface area contributed by atoms with Crippen molar-refractivity contribution in [1.82, 2.24) is 9.80 Å². The largest absolute Gasteiger partial charge is 0.464 e. The number of unbranched alkanes of at least 4 members (excludes halogenated alkanes) is 21. The highest BCUT2D eigenvalue weighted by Gasteiger charge is 2.26. The van der Waals surface area contributed by atoms with E-state index in [2.05, 4.69) is 20.8 Å². The molecular formula is C44H86N2O10. The summed E-state index contributed by atoms with van der Waals surface area (Å²) in [6.45, 7) is 7.59. The SMILES string of the molecule is CCCCCCCCCCOC(=O)C(O)CN(CCO)CCCN(CC(O)C(=O)OCCCCCCCCCC)CC(O)C(=O)OCCCCCCCCCC. The zero-order chi connectivity index (χ0) is 41.5. The van der Waals surface area contributed by atoms with Crippen LogP contribution in [0.2, 0.25) is 0 Å². The molecule has 0 aliphatic carbocycles. The summed E-state index contributed by atoms with van der Waals surface area (Å²) < 4.78 is 16.0. The first-order chi connectivity index (χ1) is 27.2. The van der Waals surface area contributed by atoms with Crippen LogP contribution in [-0.2, 0) is 28.6 Å². The molecule has 0 aromatic heterocycles. The third-order valence-electron chi connectivity index (χ3n) is 10.2. The van der Waals surface area contributed by atoms with Crippen molar-refractivity contribution < 1.29 is 49.0 Å². The normalized spacial score (nSPS) is 13.2. The lowest BCUT2D eigenvalue weighted by Gasteiger charge is -2.28. The molecule has 0 spiro atoms. The van der Waals surface area contributed by atoms with Gasteiger partial charge < -0.3 is 34.6 Å². The lowest BCUT2D eigenvalue weighted by molar-refractivity contribution is -0.157. The number of ether oxygens (including phenoxy) is 3. The summed E-state index contributed by atoms with van der Waals surface area (Å²) in [5.41, 5.74) is 0. The molecule has 0 aliphatic heterocycles. The molecule has 332 valence electrons. The van der Waals surface area contributed by atoms with Crippen molar-refractivity contribution in [2.75, 3.05) is 65.7 Å². The predicted molar refractivity (Wildman–Crippen MR) is 223 cm³/mol. The average Bonchev–Trinajstić information content (AvgIpc) is 3.18. The van der Waals surface area contributed by atoms with E-state index in [0.29, 0.717) is 13.0 Å². The Morgan fingerprint density at radius 1 is 0.393 bits per heavy atom. The second-order valence-corrected chi connectivity index (χ2v) is 15.6. The van der Waals surface area contributed by atoms with Crippen molar-refractivity contribution in [3.63, 3.8) is 0 Å². The van der Waals surface area contributed by atoms with Crippen LogP contribution in [0.1, 0.15) is 181 Å². The minimum Gasteiger partial charge on any atom is -0.464 e.